The van der Waals surface area contributed by atoms with E-state index in [1.165, 1.54) is 7.11 Å². The smallest absolute Gasteiger partial charge is 0.308 e. The van der Waals surface area contributed by atoms with Crippen LogP contribution < -0.4 is 0 Å². The minimum Gasteiger partial charge on any atom is -0.469 e. The summed E-state index contributed by atoms with van der Waals surface area (Å²) in [6.45, 7) is 4.28. The van der Waals surface area contributed by atoms with Crippen LogP contribution in [0, 0.1) is 5.92 Å². The van der Waals surface area contributed by atoms with E-state index in [0.717, 1.165) is 25.8 Å². The molecule has 0 spiro atoms. The Labute approximate surface area is 132 Å². The van der Waals surface area contributed by atoms with Crippen LogP contribution in [-0.4, -0.2) is 72.2 Å². The zero-order valence-electron chi connectivity index (χ0n) is 13.7. The maximum absolute atomic E-state index is 12.5. The molecule has 2 fully saturated rings. The molecule has 0 saturated carbocycles. The van der Waals surface area contributed by atoms with Crippen molar-refractivity contribution in [2.24, 2.45) is 5.92 Å². The molecule has 6 heteroatoms. The first-order valence-corrected chi connectivity index (χ1v) is 8.30. The molecule has 2 aliphatic rings. The van der Waals surface area contributed by atoms with Gasteiger partial charge in [0.2, 0.25) is 5.91 Å². The number of likely N-dealkylation sites (tertiary alicyclic amines) is 2. The highest BCUT2D eigenvalue weighted by atomic mass is 16.5. The fourth-order valence-electron chi connectivity index (χ4n) is 3.56. The van der Waals surface area contributed by atoms with Crippen molar-refractivity contribution in [3.8, 4) is 0 Å². The van der Waals surface area contributed by atoms with Gasteiger partial charge < -0.3 is 14.7 Å². The van der Waals surface area contributed by atoms with Crippen LogP contribution in [0.25, 0.3) is 0 Å². The number of aliphatic hydroxyl groups excluding tert-OH is 1. The van der Waals surface area contributed by atoms with Gasteiger partial charge in [-0.05, 0) is 39.2 Å². The molecule has 0 unspecified atom stereocenters. The summed E-state index contributed by atoms with van der Waals surface area (Å²) < 4.78 is 4.77. The molecule has 2 heterocycles. The van der Waals surface area contributed by atoms with Crippen LogP contribution in [0.1, 0.15) is 39.0 Å². The number of hydrogen-bond acceptors (Lipinski definition) is 5. The summed E-state index contributed by atoms with van der Waals surface area (Å²) in [6, 6.07) is 0.0882. The highest BCUT2D eigenvalue weighted by molar-refractivity contribution is 5.79. The number of hydrogen-bond donors (Lipinski definition) is 1. The van der Waals surface area contributed by atoms with Gasteiger partial charge in [0, 0.05) is 19.1 Å². The van der Waals surface area contributed by atoms with Crippen LogP contribution in [-0.2, 0) is 14.3 Å². The van der Waals surface area contributed by atoms with E-state index in [1.54, 1.807) is 6.92 Å². The van der Waals surface area contributed by atoms with Gasteiger partial charge in [0.05, 0.1) is 25.7 Å². The van der Waals surface area contributed by atoms with Crippen LogP contribution in [0.4, 0.5) is 0 Å². The largest absolute Gasteiger partial charge is 0.469 e. The maximum Gasteiger partial charge on any atom is 0.308 e. The highest BCUT2D eigenvalue weighted by Gasteiger charge is 2.31. The summed E-state index contributed by atoms with van der Waals surface area (Å²) in [7, 11) is 1.41. The molecule has 22 heavy (non-hydrogen) atoms. The minimum absolute atomic E-state index is 0.0748. The van der Waals surface area contributed by atoms with Gasteiger partial charge >= 0.3 is 5.97 Å². The number of nitrogens with zero attached hydrogens (tertiary/aromatic N) is 2. The van der Waals surface area contributed by atoms with Crippen LogP contribution >= 0.6 is 0 Å². The quantitative estimate of drug-likeness (QED) is 0.771. The Morgan fingerprint density at radius 3 is 2.45 bits per heavy atom. The van der Waals surface area contributed by atoms with E-state index in [9.17, 15) is 14.7 Å². The monoisotopic (exact) mass is 312 g/mol. The standard InChI is InChI=1S/C16H28N2O4/c1-12(19)14-5-3-4-8-18(14)11-15(20)17-9-6-13(7-10-17)16(21)22-2/h12-14,19H,3-11H2,1-2H3/t12-,14+/m0/s1. The topological polar surface area (TPSA) is 70.1 Å². The van der Waals surface area contributed by atoms with Crippen molar-refractivity contribution in [1.29, 1.82) is 0 Å². The zero-order valence-corrected chi connectivity index (χ0v) is 13.7. The van der Waals surface area contributed by atoms with E-state index in [2.05, 4.69) is 4.90 Å². The first-order chi connectivity index (χ1) is 10.5. The van der Waals surface area contributed by atoms with E-state index in [-0.39, 0.29) is 23.8 Å². The van der Waals surface area contributed by atoms with Crippen molar-refractivity contribution in [2.75, 3.05) is 33.3 Å². The molecule has 0 radical (unpaired) electrons. The summed E-state index contributed by atoms with van der Waals surface area (Å²) in [4.78, 5) is 27.9. The number of methoxy groups -OCH3 is 1. The Morgan fingerprint density at radius 2 is 1.86 bits per heavy atom. The van der Waals surface area contributed by atoms with Crippen molar-refractivity contribution < 1.29 is 19.4 Å². The second kappa shape index (κ2) is 7.92. The Hall–Kier alpha value is -1.14. The molecule has 0 aromatic carbocycles. The third kappa shape index (κ3) is 4.20. The lowest BCUT2D eigenvalue weighted by Gasteiger charge is -2.39. The normalized spacial score (nSPS) is 25.8. The molecule has 2 rings (SSSR count). The molecule has 1 N–H and O–H groups in total. The average Bonchev–Trinajstić information content (AvgIpc) is 2.54. The third-order valence-corrected chi connectivity index (χ3v) is 4.94. The van der Waals surface area contributed by atoms with Crippen LogP contribution in [0.15, 0.2) is 0 Å². The fraction of sp³-hybridized carbons (Fsp3) is 0.875. The molecule has 0 aromatic rings. The summed E-state index contributed by atoms with van der Waals surface area (Å²) in [5.41, 5.74) is 0. The number of rotatable bonds is 4. The van der Waals surface area contributed by atoms with Crippen molar-refractivity contribution in [1.82, 2.24) is 9.80 Å². The number of esters is 1. The number of ether oxygens (including phenoxy) is 1. The van der Waals surface area contributed by atoms with Crippen molar-refractivity contribution in [3.05, 3.63) is 0 Å². The second-order valence-corrected chi connectivity index (χ2v) is 6.45. The van der Waals surface area contributed by atoms with Gasteiger partial charge in [-0.25, -0.2) is 0 Å². The van der Waals surface area contributed by atoms with Gasteiger partial charge in [-0.1, -0.05) is 6.42 Å². The Balaban J connectivity index is 1.83. The first-order valence-electron chi connectivity index (χ1n) is 8.30. The lowest BCUT2D eigenvalue weighted by molar-refractivity contribution is -0.149. The minimum atomic E-state index is -0.404. The van der Waals surface area contributed by atoms with E-state index < -0.39 is 6.10 Å². The molecule has 0 aliphatic carbocycles. The van der Waals surface area contributed by atoms with E-state index >= 15 is 0 Å². The zero-order chi connectivity index (χ0) is 16.1. The van der Waals surface area contributed by atoms with Crippen molar-refractivity contribution >= 4 is 11.9 Å². The predicted octanol–water partition coefficient (Wildman–Crippen LogP) is 0.633. The maximum atomic E-state index is 12.5. The highest BCUT2D eigenvalue weighted by Crippen LogP contribution is 2.22. The molecule has 2 atom stereocenters. The number of aliphatic hydroxyl groups is 1. The lowest BCUT2D eigenvalue weighted by Crippen LogP contribution is -2.51. The molecule has 6 nitrogen and oxygen atoms in total. The molecule has 1 amide bonds. The Morgan fingerprint density at radius 1 is 1.18 bits per heavy atom. The Bertz CT molecular complexity index is 392. The second-order valence-electron chi connectivity index (χ2n) is 6.45. The summed E-state index contributed by atoms with van der Waals surface area (Å²) in [5.74, 6) is -0.137. The van der Waals surface area contributed by atoms with Crippen LogP contribution in [0.2, 0.25) is 0 Å². The molecular formula is C16H28N2O4. The molecule has 0 aromatic heterocycles. The van der Waals surface area contributed by atoms with Crippen molar-refractivity contribution in [3.63, 3.8) is 0 Å². The number of carbonyl (C=O) groups excluding carboxylic acids is 2. The summed E-state index contributed by atoms with van der Waals surface area (Å²) in [5, 5.41) is 9.88. The van der Waals surface area contributed by atoms with E-state index in [0.29, 0.717) is 32.5 Å². The Kier molecular flexibility index (Phi) is 6.20. The molecular weight excluding hydrogens is 284 g/mol. The van der Waals surface area contributed by atoms with Gasteiger partial charge in [-0.3, -0.25) is 14.5 Å². The average molecular weight is 312 g/mol. The van der Waals surface area contributed by atoms with Crippen LogP contribution in [0.5, 0.6) is 0 Å². The molecule has 126 valence electrons. The first kappa shape index (κ1) is 17.2. The predicted molar refractivity (Wildman–Crippen MR) is 82.2 cm³/mol. The molecule has 0 bridgehead atoms. The fourth-order valence-corrected chi connectivity index (χ4v) is 3.56. The van der Waals surface area contributed by atoms with Gasteiger partial charge in [0.25, 0.3) is 0 Å². The molecule has 2 aliphatic heterocycles. The number of piperidine rings is 2. The van der Waals surface area contributed by atoms with Gasteiger partial charge in [-0.15, -0.1) is 0 Å². The van der Waals surface area contributed by atoms with Gasteiger partial charge in [0.1, 0.15) is 0 Å². The number of amides is 1. The van der Waals surface area contributed by atoms with Crippen molar-refractivity contribution in [2.45, 2.75) is 51.2 Å². The summed E-state index contributed by atoms with van der Waals surface area (Å²) in [6.07, 6.45) is 4.11. The van der Waals surface area contributed by atoms with E-state index in [4.69, 9.17) is 4.74 Å². The van der Waals surface area contributed by atoms with E-state index in [1.807, 2.05) is 4.90 Å². The molecule has 2 saturated heterocycles. The number of carbonyl (C=O) groups is 2. The lowest BCUT2D eigenvalue weighted by atomic mass is 9.96. The van der Waals surface area contributed by atoms with Gasteiger partial charge in [-0.2, -0.15) is 0 Å². The summed E-state index contributed by atoms with van der Waals surface area (Å²) >= 11 is 0. The van der Waals surface area contributed by atoms with Gasteiger partial charge in [0.15, 0.2) is 0 Å². The van der Waals surface area contributed by atoms with Crippen LogP contribution in [0.3, 0.4) is 0 Å². The SMILES string of the molecule is COC(=O)C1CCN(C(=O)CN2CCCC[C@@H]2[C@H](C)O)CC1. The third-order valence-electron chi connectivity index (χ3n) is 4.94.